The lowest BCUT2D eigenvalue weighted by molar-refractivity contribution is 0.0929. The Bertz CT molecular complexity index is 646. The molecule has 0 radical (unpaired) electrons. The molecule has 0 unspecified atom stereocenters. The number of amides is 1. The Hall–Kier alpha value is -1.82. The standard InChI is InChI=1S/C18H22N4O.2ClH/c1-22(16-5-3-2-4-6-16)17-8-7-14(13-20-17)18(23)21-15-9-11-19-12-10-15;;/h2-8,13,15,19H,9-12H2,1H3,(H,21,23);2*1H. The van der Waals surface area contributed by atoms with Gasteiger partial charge in [-0.1, -0.05) is 18.2 Å². The van der Waals surface area contributed by atoms with Crippen molar-refractivity contribution in [2.75, 3.05) is 25.0 Å². The molecule has 0 spiro atoms. The van der Waals surface area contributed by atoms with Crippen molar-refractivity contribution in [3.8, 4) is 0 Å². The molecular formula is C18H24Cl2N4O. The number of hydrogen-bond acceptors (Lipinski definition) is 4. The highest BCUT2D eigenvalue weighted by Crippen LogP contribution is 2.20. The molecule has 0 saturated carbocycles. The summed E-state index contributed by atoms with van der Waals surface area (Å²) in [7, 11) is 1.96. The number of para-hydroxylation sites is 1. The second-order valence-electron chi connectivity index (χ2n) is 5.80. The average Bonchev–Trinajstić information content (AvgIpc) is 2.63. The van der Waals surface area contributed by atoms with Crippen LogP contribution in [0.1, 0.15) is 23.2 Å². The van der Waals surface area contributed by atoms with E-state index >= 15 is 0 Å². The van der Waals surface area contributed by atoms with Crippen molar-refractivity contribution in [1.82, 2.24) is 15.6 Å². The quantitative estimate of drug-likeness (QED) is 0.852. The monoisotopic (exact) mass is 382 g/mol. The van der Waals surface area contributed by atoms with Crippen LogP contribution < -0.4 is 15.5 Å². The minimum absolute atomic E-state index is 0. The van der Waals surface area contributed by atoms with Crippen LogP contribution >= 0.6 is 24.8 Å². The number of piperidine rings is 1. The zero-order chi connectivity index (χ0) is 16.1. The maximum Gasteiger partial charge on any atom is 0.253 e. The van der Waals surface area contributed by atoms with Crippen molar-refractivity contribution in [1.29, 1.82) is 0 Å². The fourth-order valence-electron chi connectivity index (χ4n) is 2.74. The summed E-state index contributed by atoms with van der Waals surface area (Å²) in [4.78, 5) is 18.7. The largest absolute Gasteiger partial charge is 0.349 e. The van der Waals surface area contributed by atoms with E-state index in [1.54, 1.807) is 6.20 Å². The molecule has 0 atom stereocenters. The Morgan fingerprint density at radius 2 is 1.80 bits per heavy atom. The Labute approximate surface area is 161 Å². The molecule has 3 rings (SSSR count). The van der Waals surface area contributed by atoms with Crippen molar-refractivity contribution in [3.05, 3.63) is 54.2 Å². The van der Waals surface area contributed by atoms with E-state index in [1.165, 1.54) is 0 Å². The van der Waals surface area contributed by atoms with E-state index in [0.717, 1.165) is 37.4 Å². The first-order valence-corrected chi connectivity index (χ1v) is 8.00. The van der Waals surface area contributed by atoms with Gasteiger partial charge >= 0.3 is 0 Å². The summed E-state index contributed by atoms with van der Waals surface area (Å²) in [5, 5.41) is 6.38. The third-order valence-corrected chi connectivity index (χ3v) is 4.17. The van der Waals surface area contributed by atoms with Gasteiger partial charge in [-0.15, -0.1) is 24.8 Å². The van der Waals surface area contributed by atoms with Gasteiger partial charge < -0.3 is 15.5 Å². The van der Waals surface area contributed by atoms with E-state index in [-0.39, 0.29) is 36.8 Å². The highest BCUT2D eigenvalue weighted by molar-refractivity contribution is 5.94. The number of anilines is 2. The third-order valence-electron chi connectivity index (χ3n) is 4.17. The van der Waals surface area contributed by atoms with Crippen LogP contribution in [-0.4, -0.2) is 37.1 Å². The first-order valence-electron chi connectivity index (χ1n) is 8.00. The molecule has 1 saturated heterocycles. The van der Waals surface area contributed by atoms with E-state index in [0.29, 0.717) is 5.56 Å². The van der Waals surface area contributed by atoms with Crippen molar-refractivity contribution in [2.45, 2.75) is 18.9 Å². The third kappa shape index (κ3) is 5.59. The second kappa shape index (κ2) is 10.2. The molecule has 2 N–H and O–H groups in total. The minimum Gasteiger partial charge on any atom is -0.349 e. The van der Waals surface area contributed by atoms with Gasteiger partial charge in [0.1, 0.15) is 5.82 Å². The Balaban J connectivity index is 0.00000156. The van der Waals surface area contributed by atoms with Crippen molar-refractivity contribution in [2.24, 2.45) is 0 Å². The molecule has 5 nitrogen and oxygen atoms in total. The molecule has 2 aromatic rings. The van der Waals surface area contributed by atoms with Gasteiger partial charge in [0, 0.05) is 25.0 Å². The van der Waals surface area contributed by atoms with Crippen molar-refractivity contribution < 1.29 is 4.79 Å². The van der Waals surface area contributed by atoms with E-state index in [2.05, 4.69) is 15.6 Å². The highest BCUT2D eigenvalue weighted by atomic mass is 35.5. The van der Waals surface area contributed by atoms with E-state index in [9.17, 15) is 4.79 Å². The molecule has 1 aromatic carbocycles. The van der Waals surface area contributed by atoms with Crippen LogP contribution in [0.5, 0.6) is 0 Å². The number of carbonyl (C=O) groups excluding carboxylic acids is 1. The molecule has 136 valence electrons. The molecule has 1 aliphatic rings. The summed E-state index contributed by atoms with van der Waals surface area (Å²) in [5.41, 5.74) is 1.67. The molecule has 0 aliphatic carbocycles. The number of aromatic nitrogens is 1. The van der Waals surface area contributed by atoms with Crippen molar-refractivity contribution in [3.63, 3.8) is 0 Å². The lowest BCUT2D eigenvalue weighted by Gasteiger charge is -2.23. The Morgan fingerprint density at radius 1 is 1.12 bits per heavy atom. The van der Waals surface area contributed by atoms with Gasteiger partial charge in [0.05, 0.1) is 5.56 Å². The summed E-state index contributed by atoms with van der Waals surface area (Å²) in [6.45, 7) is 1.92. The fourth-order valence-corrected chi connectivity index (χ4v) is 2.74. The minimum atomic E-state index is -0.0432. The van der Waals surface area contributed by atoms with Gasteiger partial charge in [0.25, 0.3) is 5.91 Å². The summed E-state index contributed by atoms with van der Waals surface area (Å²) in [6.07, 6.45) is 3.60. The molecule has 1 amide bonds. The highest BCUT2D eigenvalue weighted by Gasteiger charge is 2.16. The first-order chi connectivity index (χ1) is 11.2. The maximum atomic E-state index is 12.3. The van der Waals surface area contributed by atoms with Crippen LogP contribution in [0, 0.1) is 0 Å². The fraction of sp³-hybridized carbons (Fsp3) is 0.333. The van der Waals surface area contributed by atoms with Crippen LogP contribution in [0.3, 0.4) is 0 Å². The number of carbonyl (C=O) groups is 1. The van der Waals surface area contributed by atoms with Crippen LogP contribution in [-0.2, 0) is 0 Å². The topological polar surface area (TPSA) is 57.3 Å². The number of hydrogen-bond donors (Lipinski definition) is 2. The number of rotatable bonds is 4. The molecule has 25 heavy (non-hydrogen) atoms. The van der Waals surface area contributed by atoms with Gasteiger partial charge in [-0.25, -0.2) is 4.98 Å². The SMILES string of the molecule is CN(c1ccccc1)c1ccc(C(=O)NC2CCNCC2)cn1.Cl.Cl. The van der Waals surface area contributed by atoms with E-state index in [4.69, 9.17) is 0 Å². The lowest BCUT2D eigenvalue weighted by atomic mass is 10.1. The second-order valence-corrected chi connectivity index (χ2v) is 5.80. The van der Waals surface area contributed by atoms with Crippen LogP contribution in [0.2, 0.25) is 0 Å². The number of nitrogens with zero attached hydrogens (tertiary/aromatic N) is 2. The van der Waals surface area contributed by atoms with Crippen molar-refractivity contribution >= 4 is 42.2 Å². The predicted molar refractivity (Wildman–Crippen MR) is 107 cm³/mol. The summed E-state index contributed by atoms with van der Waals surface area (Å²) in [6, 6.07) is 14.0. The Kier molecular flexibility index (Phi) is 8.69. The van der Waals surface area contributed by atoms with Gasteiger partial charge in [-0.3, -0.25) is 4.79 Å². The van der Waals surface area contributed by atoms with Gasteiger partial charge in [-0.05, 0) is 50.2 Å². The van der Waals surface area contributed by atoms with Gasteiger partial charge in [0.2, 0.25) is 0 Å². The molecule has 1 aromatic heterocycles. The normalized spacial score (nSPS) is 14.0. The zero-order valence-electron chi connectivity index (χ0n) is 14.1. The van der Waals surface area contributed by atoms with Crippen LogP contribution in [0.15, 0.2) is 48.7 Å². The number of pyridine rings is 1. The molecular weight excluding hydrogens is 359 g/mol. The molecule has 1 fully saturated rings. The van der Waals surface area contributed by atoms with Crippen LogP contribution in [0.25, 0.3) is 0 Å². The molecule has 7 heteroatoms. The summed E-state index contributed by atoms with van der Waals surface area (Å²) < 4.78 is 0. The van der Waals surface area contributed by atoms with E-state index in [1.807, 2.05) is 54.4 Å². The van der Waals surface area contributed by atoms with Gasteiger partial charge in [-0.2, -0.15) is 0 Å². The summed E-state index contributed by atoms with van der Waals surface area (Å²) in [5.74, 6) is 0.771. The average molecular weight is 383 g/mol. The molecule has 2 heterocycles. The first kappa shape index (κ1) is 21.2. The van der Waals surface area contributed by atoms with E-state index < -0.39 is 0 Å². The maximum absolute atomic E-state index is 12.3. The summed E-state index contributed by atoms with van der Waals surface area (Å²) >= 11 is 0. The lowest BCUT2D eigenvalue weighted by Crippen LogP contribution is -2.42. The molecule has 1 aliphatic heterocycles. The number of halogens is 2. The van der Waals surface area contributed by atoms with Crippen LogP contribution in [0.4, 0.5) is 11.5 Å². The molecule has 0 bridgehead atoms. The number of nitrogens with one attached hydrogen (secondary N) is 2. The predicted octanol–water partition coefficient (Wildman–Crippen LogP) is 3.17. The smallest absolute Gasteiger partial charge is 0.253 e. The zero-order valence-corrected chi connectivity index (χ0v) is 15.8. The van der Waals surface area contributed by atoms with Gasteiger partial charge in [0.15, 0.2) is 0 Å². The Morgan fingerprint density at radius 3 is 2.40 bits per heavy atom. The number of benzene rings is 1.